The summed E-state index contributed by atoms with van der Waals surface area (Å²) in [5, 5.41) is 8.63. The van der Waals surface area contributed by atoms with E-state index in [1.807, 2.05) is 18.2 Å². The average Bonchev–Trinajstić information content (AvgIpc) is 2.26. The molecule has 0 aromatic heterocycles. The summed E-state index contributed by atoms with van der Waals surface area (Å²) in [4.78, 5) is 0. The summed E-state index contributed by atoms with van der Waals surface area (Å²) in [5.41, 5.74) is 6.60. The molecule has 4 heteroatoms. The standard InChI is InChI=1S/C11H16BrNO2/c12-10-5-3-4-9(8-13)11(10)15-7-2-1-6-14/h3-5,14H,1-2,6-8,13H2. The van der Waals surface area contributed by atoms with Crippen LogP contribution in [0.15, 0.2) is 22.7 Å². The van der Waals surface area contributed by atoms with Crippen molar-refractivity contribution >= 4 is 15.9 Å². The van der Waals surface area contributed by atoms with Gasteiger partial charge in [0.1, 0.15) is 5.75 Å². The lowest BCUT2D eigenvalue weighted by Crippen LogP contribution is -2.04. The van der Waals surface area contributed by atoms with Crippen LogP contribution in [-0.4, -0.2) is 18.3 Å². The van der Waals surface area contributed by atoms with Gasteiger partial charge in [-0.1, -0.05) is 12.1 Å². The maximum Gasteiger partial charge on any atom is 0.137 e. The molecule has 15 heavy (non-hydrogen) atoms. The van der Waals surface area contributed by atoms with Crippen LogP contribution in [0.5, 0.6) is 5.75 Å². The van der Waals surface area contributed by atoms with Crippen LogP contribution in [0.25, 0.3) is 0 Å². The molecule has 0 saturated carbocycles. The SMILES string of the molecule is NCc1cccc(Br)c1OCCCCO. The summed E-state index contributed by atoms with van der Waals surface area (Å²) >= 11 is 3.43. The molecule has 0 radical (unpaired) electrons. The van der Waals surface area contributed by atoms with Crippen molar-refractivity contribution in [2.24, 2.45) is 5.73 Å². The summed E-state index contributed by atoms with van der Waals surface area (Å²) in [5.74, 6) is 0.818. The van der Waals surface area contributed by atoms with Crippen LogP contribution < -0.4 is 10.5 Å². The lowest BCUT2D eigenvalue weighted by atomic mass is 10.2. The van der Waals surface area contributed by atoms with E-state index >= 15 is 0 Å². The van der Waals surface area contributed by atoms with Gasteiger partial charge in [0.2, 0.25) is 0 Å². The van der Waals surface area contributed by atoms with Gasteiger partial charge >= 0.3 is 0 Å². The molecule has 1 aromatic carbocycles. The summed E-state index contributed by atoms with van der Waals surface area (Å²) < 4.78 is 6.55. The highest BCUT2D eigenvalue weighted by Gasteiger charge is 2.05. The Hall–Kier alpha value is -0.580. The van der Waals surface area contributed by atoms with E-state index in [1.54, 1.807) is 0 Å². The van der Waals surface area contributed by atoms with Crippen LogP contribution in [0, 0.1) is 0 Å². The lowest BCUT2D eigenvalue weighted by molar-refractivity contribution is 0.251. The Bertz CT molecular complexity index is 305. The molecule has 0 unspecified atom stereocenters. The van der Waals surface area contributed by atoms with Gasteiger partial charge in [-0.2, -0.15) is 0 Å². The molecule has 1 aromatic rings. The lowest BCUT2D eigenvalue weighted by Gasteiger charge is -2.11. The minimum absolute atomic E-state index is 0.211. The molecular weight excluding hydrogens is 258 g/mol. The zero-order chi connectivity index (χ0) is 11.1. The fourth-order valence-corrected chi connectivity index (χ4v) is 1.79. The van der Waals surface area contributed by atoms with Crippen LogP contribution in [-0.2, 0) is 6.54 Å². The van der Waals surface area contributed by atoms with Gasteiger partial charge in [0.25, 0.3) is 0 Å². The van der Waals surface area contributed by atoms with Crippen LogP contribution >= 0.6 is 15.9 Å². The summed E-state index contributed by atoms with van der Waals surface area (Å²) in [6, 6.07) is 5.82. The summed E-state index contributed by atoms with van der Waals surface area (Å²) in [6.07, 6.45) is 1.62. The predicted molar refractivity (Wildman–Crippen MR) is 63.8 cm³/mol. The highest BCUT2D eigenvalue weighted by molar-refractivity contribution is 9.10. The van der Waals surface area contributed by atoms with Crippen molar-refractivity contribution in [1.29, 1.82) is 0 Å². The van der Waals surface area contributed by atoms with Gasteiger partial charge in [0.15, 0.2) is 0 Å². The highest BCUT2D eigenvalue weighted by Crippen LogP contribution is 2.28. The monoisotopic (exact) mass is 273 g/mol. The molecule has 0 aliphatic rings. The molecule has 0 fully saturated rings. The van der Waals surface area contributed by atoms with Crippen molar-refractivity contribution in [2.75, 3.05) is 13.2 Å². The molecule has 1 rings (SSSR count). The smallest absolute Gasteiger partial charge is 0.137 e. The number of rotatable bonds is 6. The largest absolute Gasteiger partial charge is 0.492 e. The zero-order valence-corrected chi connectivity index (χ0v) is 10.2. The molecule has 84 valence electrons. The molecule has 0 bridgehead atoms. The Balaban J connectivity index is 2.58. The molecule has 0 heterocycles. The van der Waals surface area contributed by atoms with Gasteiger partial charge in [0.05, 0.1) is 11.1 Å². The van der Waals surface area contributed by atoms with Crippen molar-refractivity contribution in [1.82, 2.24) is 0 Å². The van der Waals surface area contributed by atoms with E-state index in [9.17, 15) is 0 Å². The minimum atomic E-state index is 0.211. The second-order valence-corrected chi connectivity index (χ2v) is 4.07. The second-order valence-electron chi connectivity index (χ2n) is 3.21. The van der Waals surface area contributed by atoms with E-state index in [0.717, 1.165) is 28.6 Å². The van der Waals surface area contributed by atoms with Crippen LogP contribution in [0.1, 0.15) is 18.4 Å². The minimum Gasteiger partial charge on any atom is -0.492 e. The van der Waals surface area contributed by atoms with Crippen LogP contribution in [0.2, 0.25) is 0 Å². The molecule has 0 aliphatic carbocycles. The number of ether oxygens (including phenoxy) is 1. The maximum absolute atomic E-state index is 8.63. The summed E-state index contributed by atoms with van der Waals surface area (Å²) in [6.45, 7) is 1.29. The maximum atomic E-state index is 8.63. The number of unbranched alkanes of at least 4 members (excludes halogenated alkanes) is 1. The average molecular weight is 274 g/mol. The number of aliphatic hydroxyl groups excluding tert-OH is 1. The molecule has 0 spiro atoms. The number of hydrogen-bond acceptors (Lipinski definition) is 3. The third-order valence-corrected chi connectivity index (χ3v) is 2.69. The first kappa shape index (κ1) is 12.5. The van der Waals surface area contributed by atoms with E-state index < -0.39 is 0 Å². The van der Waals surface area contributed by atoms with Crippen molar-refractivity contribution in [3.8, 4) is 5.75 Å². The van der Waals surface area contributed by atoms with E-state index in [1.165, 1.54) is 0 Å². The number of benzene rings is 1. The van der Waals surface area contributed by atoms with Gasteiger partial charge < -0.3 is 15.6 Å². The summed E-state index contributed by atoms with van der Waals surface area (Å²) in [7, 11) is 0. The molecule has 0 atom stereocenters. The molecule has 3 N–H and O–H groups in total. The van der Waals surface area contributed by atoms with E-state index in [-0.39, 0.29) is 6.61 Å². The first-order valence-electron chi connectivity index (χ1n) is 5.00. The highest BCUT2D eigenvalue weighted by atomic mass is 79.9. The quantitative estimate of drug-likeness (QED) is 0.781. The van der Waals surface area contributed by atoms with Gasteiger partial charge in [0, 0.05) is 18.7 Å². The van der Waals surface area contributed by atoms with Crippen LogP contribution in [0.3, 0.4) is 0 Å². The number of hydrogen-bond donors (Lipinski definition) is 2. The Morgan fingerprint density at radius 3 is 2.80 bits per heavy atom. The number of nitrogens with two attached hydrogens (primary N) is 1. The van der Waals surface area contributed by atoms with Gasteiger partial charge in [-0.15, -0.1) is 0 Å². The van der Waals surface area contributed by atoms with E-state index in [4.69, 9.17) is 15.6 Å². The fourth-order valence-electron chi connectivity index (χ4n) is 1.26. The van der Waals surface area contributed by atoms with Crippen molar-refractivity contribution < 1.29 is 9.84 Å². The topological polar surface area (TPSA) is 55.5 Å². The molecule has 3 nitrogen and oxygen atoms in total. The normalized spacial score (nSPS) is 10.3. The van der Waals surface area contributed by atoms with Gasteiger partial charge in [-0.3, -0.25) is 0 Å². The third-order valence-electron chi connectivity index (χ3n) is 2.07. The first-order chi connectivity index (χ1) is 7.29. The Kier molecular flexibility index (Phi) is 5.68. The third kappa shape index (κ3) is 3.81. The van der Waals surface area contributed by atoms with E-state index in [0.29, 0.717) is 13.2 Å². The molecule has 0 aliphatic heterocycles. The molecule has 0 saturated heterocycles. The zero-order valence-electron chi connectivity index (χ0n) is 8.58. The molecule has 0 amide bonds. The predicted octanol–water partition coefficient (Wildman–Crippen LogP) is 2.06. The second kappa shape index (κ2) is 6.82. The van der Waals surface area contributed by atoms with Crippen molar-refractivity contribution in [2.45, 2.75) is 19.4 Å². The fraction of sp³-hybridized carbons (Fsp3) is 0.455. The Morgan fingerprint density at radius 1 is 1.33 bits per heavy atom. The van der Waals surface area contributed by atoms with Gasteiger partial charge in [-0.25, -0.2) is 0 Å². The van der Waals surface area contributed by atoms with Crippen molar-refractivity contribution in [3.05, 3.63) is 28.2 Å². The van der Waals surface area contributed by atoms with E-state index in [2.05, 4.69) is 15.9 Å². The van der Waals surface area contributed by atoms with Crippen LogP contribution in [0.4, 0.5) is 0 Å². The van der Waals surface area contributed by atoms with Gasteiger partial charge in [-0.05, 0) is 34.8 Å². The Labute approximate surface area is 98.4 Å². The van der Waals surface area contributed by atoms with Crippen molar-refractivity contribution in [3.63, 3.8) is 0 Å². The molecular formula is C11H16BrNO2. The number of para-hydroxylation sites is 1. The first-order valence-corrected chi connectivity index (χ1v) is 5.80. The number of halogens is 1. The number of aliphatic hydroxyl groups is 1. The Morgan fingerprint density at radius 2 is 2.13 bits per heavy atom.